The van der Waals surface area contributed by atoms with Crippen molar-refractivity contribution in [1.29, 1.82) is 0 Å². The molecule has 3 nitrogen and oxygen atoms in total. The Morgan fingerprint density at radius 3 is 2.88 bits per heavy atom. The molecule has 16 heavy (non-hydrogen) atoms. The SMILES string of the molecule is Cc1ccc(-c2nnc3cc(Br)ccn23)s1. The third kappa shape index (κ3) is 1.56. The Hall–Kier alpha value is -1.20. The Bertz CT molecular complexity index is 656. The van der Waals surface area contributed by atoms with Crippen molar-refractivity contribution in [2.75, 3.05) is 0 Å². The average Bonchev–Trinajstić information content (AvgIpc) is 2.83. The van der Waals surface area contributed by atoms with Crippen LogP contribution in [0, 0.1) is 6.92 Å². The van der Waals surface area contributed by atoms with E-state index in [1.54, 1.807) is 11.3 Å². The molecule has 5 heteroatoms. The highest BCUT2D eigenvalue weighted by Gasteiger charge is 2.09. The van der Waals surface area contributed by atoms with E-state index in [1.807, 2.05) is 22.7 Å². The molecule has 0 fully saturated rings. The smallest absolute Gasteiger partial charge is 0.178 e. The number of hydrogen-bond donors (Lipinski definition) is 0. The van der Waals surface area contributed by atoms with Crippen molar-refractivity contribution in [2.45, 2.75) is 6.92 Å². The van der Waals surface area contributed by atoms with E-state index in [0.29, 0.717) is 0 Å². The summed E-state index contributed by atoms with van der Waals surface area (Å²) < 4.78 is 3.01. The van der Waals surface area contributed by atoms with Crippen molar-refractivity contribution in [3.05, 3.63) is 39.8 Å². The van der Waals surface area contributed by atoms with Crippen LogP contribution in [0.3, 0.4) is 0 Å². The van der Waals surface area contributed by atoms with Gasteiger partial charge in [-0.15, -0.1) is 21.5 Å². The monoisotopic (exact) mass is 293 g/mol. The van der Waals surface area contributed by atoms with Crippen molar-refractivity contribution in [2.24, 2.45) is 0 Å². The molecule has 3 heterocycles. The summed E-state index contributed by atoms with van der Waals surface area (Å²) in [6.07, 6.45) is 1.98. The van der Waals surface area contributed by atoms with Gasteiger partial charge in [-0.3, -0.25) is 4.40 Å². The molecule has 0 N–H and O–H groups in total. The number of aromatic nitrogens is 3. The summed E-state index contributed by atoms with van der Waals surface area (Å²) in [5.74, 6) is 0.903. The highest BCUT2D eigenvalue weighted by molar-refractivity contribution is 9.10. The molecule has 0 atom stereocenters. The van der Waals surface area contributed by atoms with Crippen molar-refractivity contribution in [3.8, 4) is 10.7 Å². The van der Waals surface area contributed by atoms with Gasteiger partial charge in [0.2, 0.25) is 0 Å². The van der Waals surface area contributed by atoms with E-state index < -0.39 is 0 Å². The van der Waals surface area contributed by atoms with Crippen LogP contribution in [0.15, 0.2) is 34.9 Å². The minimum Gasteiger partial charge on any atom is -0.282 e. The van der Waals surface area contributed by atoms with Gasteiger partial charge in [0.1, 0.15) is 0 Å². The highest BCUT2D eigenvalue weighted by Crippen LogP contribution is 2.27. The maximum atomic E-state index is 4.22. The second kappa shape index (κ2) is 3.68. The number of nitrogens with zero attached hydrogens (tertiary/aromatic N) is 3. The third-order valence-electron chi connectivity index (χ3n) is 2.33. The molecule has 0 saturated heterocycles. The first-order valence-electron chi connectivity index (χ1n) is 4.81. The van der Waals surface area contributed by atoms with Gasteiger partial charge in [0.15, 0.2) is 11.5 Å². The van der Waals surface area contributed by atoms with Crippen LogP contribution in [-0.4, -0.2) is 14.6 Å². The molecule has 0 spiro atoms. The van der Waals surface area contributed by atoms with E-state index in [2.05, 4.69) is 45.2 Å². The first kappa shape index (κ1) is 9.99. The highest BCUT2D eigenvalue weighted by atomic mass is 79.9. The molecule has 0 aliphatic carbocycles. The predicted molar refractivity (Wildman–Crippen MR) is 68.7 cm³/mol. The number of hydrogen-bond acceptors (Lipinski definition) is 3. The number of rotatable bonds is 1. The van der Waals surface area contributed by atoms with Crippen LogP contribution in [0.4, 0.5) is 0 Å². The fourth-order valence-corrected chi connectivity index (χ4v) is 2.76. The molecule has 80 valence electrons. The van der Waals surface area contributed by atoms with Gasteiger partial charge < -0.3 is 0 Å². The van der Waals surface area contributed by atoms with Gasteiger partial charge in [0.05, 0.1) is 4.88 Å². The Kier molecular flexibility index (Phi) is 2.29. The molecular formula is C11H8BrN3S. The molecule has 3 aromatic heterocycles. The quantitative estimate of drug-likeness (QED) is 0.687. The van der Waals surface area contributed by atoms with Crippen molar-refractivity contribution in [1.82, 2.24) is 14.6 Å². The van der Waals surface area contributed by atoms with Gasteiger partial charge in [-0.1, -0.05) is 15.9 Å². The number of aryl methyl sites for hydroxylation is 1. The summed E-state index contributed by atoms with van der Waals surface area (Å²) in [6.45, 7) is 2.09. The molecular weight excluding hydrogens is 286 g/mol. The fraction of sp³-hybridized carbons (Fsp3) is 0.0909. The lowest BCUT2D eigenvalue weighted by atomic mass is 10.4. The van der Waals surface area contributed by atoms with Crippen LogP contribution in [0.2, 0.25) is 0 Å². The molecule has 3 rings (SSSR count). The fourth-order valence-electron chi connectivity index (χ4n) is 1.59. The molecule has 0 aliphatic heterocycles. The van der Waals surface area contributed by atoms with Crippen LogP contribution >= 0.6 is 27.3 Å². The van der Waals surface area contributed by atoms with Crippen LogP contribution in [0.25, 0.3) is 16.3 Å². The van der Waals surface area contributed by atoms with Gasteiger partial charge in [0, 0.05) is 15.5 Å². The maximum Gasteiger partial charge on any atom is 0.178 e. The molecule has 0 aromatic carbocycles. The average molecular weight is 294 g/mol. The lowest BCUT2D eigenvalue weighted by Crippen LogP contribution is -1.86. The first-order valence-corrected chi connectivity index (χ1v) is 6.42. The number of pyridine rings is 1. The van der Waals surface area contributed by atoms with Gasteiger partial charge in [0.25, 0.3) is 0 Å². The normalized spacial score (nSPS) is 11.1. The molecule has 3 aromatic rings. The van der Waals surface area contributed by atoms with Crippen molar-refractivity contribution >= 4 is 32.9 Å². The van der Waals surface area contributed by atoms with Gasteiger partial charge in [-0.2, -0.15) is 0 Å². The summed E-state index contributed by atoms with van der Waals surface area (Å²) in [7, 11) is 0. The Morgan fingerprint density at radius 2 is 2.12 bits per heavy atom. The second-order valence-corrected chi connectivity index (χ2v) is 5.71. The zero-order valence-corrected chi connectivity index (χ0v) is 10.9. The van der Waals surface area contributed by atoms with Gasteiger partial charge in [-0.25, -0.2) is 0 Å². The standard InChI is InChI=1S/C11H8BrN3S/c1-7-2-3-9(16-7)11-14-13-10-6-8(12)4-5-15(10)11/h2-6H,1H3. The van der Waals surface area contributed by atoms with Crippen LogP contribution in [0.5, 0.6) is 0 Å². The Labute approximate surface area is 105 Å². The van der Waals surface area contributed by atoms with E-state index in [1.165, 1.54) is 4.88 Å². The Balaban J connectivity index is 2.25. The van der Waals surface area contributed by atoms with Crippen LogP contribution in [-0.2, 0) is 0 Å². The molecule has 0 aliphatic rings. The van der Waals surface area contributed by atoms with Crippen molar-refractivity contribution < 1.29 is 0 Å². The molecule has 0 unspecified atom stereocenters. The zero-order valence-electron chi connectivity index (χ0n) is 8.51. The van der Waals surface area contributed by atoms with E-state index in [-0.39, 0.29) is 0 Å². The lowest BCUT2D eigenvalue weighted by Gasteiger charge is -1.96. The summed E-state index contributed by atoms with van der Waals surface area (Å²) in [4.78, 5) is 2.43. The molecule has 0 amide bonds. The van der Waals surface area contributed by atoms with E-state index >= 15 is 0 Å². The molecule has 0 bridgehead atoms. The first-order chi connectivity index (χ1) is 7.74. The lowest BCUT2D eigenvalue weighted by molar-refractivity contribution is 1.12. The van der Waals surface area contributed by atoms with E-state index in [4.69, 9.17) is 0 Å². The van der Waals surface area contributed by atoms with Gasteiger partial charge in [-0.05, 0) is 31.2 Å². The third-order valence-corrected chi connectivity index (χ3v) is 3.82. The van der Waals surface area contributed by atoms with Gasteiger partial charge >= 0.3 is 0 Å². The van der Waals surface area contributed by atoms with Crippen LogP contribution in [0.1, 0.15) is 4.88 Å². The Morgan fingerprint density at radius 1 is 1.25 bits per heavy atom. The summed E-state index contributed by atoms with van der Waals surface area (Å²) >= 11 is 5.15. The maximum absolute atomic E-state index is 4.22. The molecule has 0 saturated carbocycles. The predicted octanol–water partition coefficient (Wildman–Crippen LogP) is 3.53. The van der Waals surface area contributed by atoms with E-state index in [9.17, 15) is 0 Å². The number of thiophene rings is 1. The number of fused-ring (bicyclic) bond motifs is 1. The summed E-state index contributed by atoms with van der Waals surface area (Å²) in [6, 6.07) is 8.12. The largest absolute Gasteiger partial charge is 0.282 e. The summed E-state index contributed by atoms with van der Waals surface area (Å²) in [5.41, 5.74) is 0.857. The van der Waals surface area contributed by atoms with Crippen LogP contribution < -0.4 is 0 Å². The minimum absolute atomic E-state index is 0.857. The topological polar surface area (TPSA) is 30.2 Å². The molecule has 0 radical (unpaired) electrons. The minimum atomic E-state index is 0.857. The number of halogens is 1. The zero-order chi connectivity index (χ0) is 11.1. The van der Waals surface area contributed by atoms with Crippen molar-refractivity contribution in [3.63, 3.8) is 0 Å². The second-order valence-electron chi connectivity index (χ2n) is 3.51. The summed E-state index contributed by atoms with van der Waals surface area (Å²) in [5, 5.41) is 8.38. The van der Waals surface area contributed by atoms with E-state index in [0.717, 1.165) is 20.8 Å².